The number of carbonyl (C=O) groups excluding carboxylic acids is 5. The fourth-order valence-electron chi connectivity index (χ4n) is 4.97. The smallest absolute Gasteiger partial charge is 0.416 e. The van der Waals surface area contributed by atoms with Crippen molar-refractivity contribution in [2.24, 2.45) is 11.7 Å². The molecule has 0 saturated heterocycles. The largest absolute Gasteiger partial charge is 0.480 e. The first-order valence-corrected chi connectivity index (χ1v) is 22.5. The molecule has 0 spiro atoms. The molecule has 0 aliphatic heterocycles. The van der Waals surface area contributed by atoms with Gasteiger partial charge in [0.05, 0.1) is 32.0 Å². The van der Waals surface area contributed by atoms with Crippen molar-refractivity contribution in [2.45, 2.75) is 49.7 Å². The number of nitrogens with zero attached hydrogens (tertiary/aromatic N) is 1. The molecule has 18 nitrogen and oxygen atoms in total. The molecule has 62 heavy (non-hydrogen) atoms. The third kappa shape index (κ3) is 16.6. The van der Waals surface area contributed by atoms with Gasteiger partial charge in [0.25, 0.3) is 5.69 Å². The molecule has 4 rings (SSSR count). The Labute approximate surface area is 360 Å². The summed E-state index contributed by atoms with van der Waals surface area (Å²) < 4.78 is 86.3. The van der Waals surface area contributed by atoms with Crippen LogP contribution in [0.5, 0.6) is 11.5 Å². The van der Waals surface area contributed by atoms with Crippen LogP contribution >= 0.6 is 30.6 Å². The SMILES string of the molecule is CCOC(=O)COC(=O)c1cc(Oc2ccc(C(F)(F)F)cc2Cl)ccc1[N+](=O)[O-].CP(=O)(O)CCC(N)C(=O)O.CS(=O)(=O)c1ccc(C(=O)C2C(=O)CCCC2=O)c(Cl)c1. The van der Waals surface area contributed by atoms with E-state index in [2.05, 4.69) is 4.74 Å². The molecule has 0 radical (unpaired) electrons. The lowest BCUT2D eigenvalue weighted by molar-refractivity contribution is -0.385. The van der Waals surface area contributed by atoms with Crippen molar-refractivity contribution in [3.63, 3.8) is 0 Å². The highest BCUT2D eigenvalue weighted by atomic mass is 35.5. The molecule has 1 aliphatic rings. The molecule has 1 saturated carbocycles. The molecule has 1 aliphatic carbocycles. The van der Waals surface area contributed by atoms with Gasteiger partial charge >= 0.3 is 24.1 Å². The van der Waals surface area contributed by atoms with Gasteiger partial charge in [-0.25, -0.2) is 18.0 Å². The number of nitrogens with two attached hydrogens (primary N) is 1. The van der Waals surface area contributed by atoms with E-state index < -0.39 is 98.9 Å². The number of alkyl halides is 3. The number of nitro benzene ring substituents is 1. The van der Waals surface area contributed by atoms with E-state index in [9.17, 15) is 65.0 Å². The number of sulfone groups is 1. The Balaban J connectivity index is 0.000000357. The van der Waals surface area contributed by atoms with Gasteiger partial charge in [-0.15, -0.1) is 0 Å². The van der Waals surface area contributed by atoms with Gasteiger partial charge in [0.2, 0.25) is 0 Å². The highest BCUT2D eigenvalue weighted by molar-refractivity contribution is 7.90. The number of Topliss-reactive ketones (excluding diaryl/α,β-unsaturated/α-hetero) is 3. The van der Waals surface area contributed by atoms with E-state index >= 15 is 0 Å². The summed E-state index contributed by atoms with van der Waals surface area (Å²) in [6.45, 7) is 2.01. The number of carboxylic acids is 1. The van der Waals surface area contributed by atoms with Crippen molar-refractivity contribution >= 4 is 81.4 Å². The van der Waals surface area contributed by atoms with E-state index in [1.807, 2.05) is 0 Å². The molecule has 4 N–H and O–H groups in total. The van der Waals surface area contributed by atoms with Crippen molar-refractivity contribution in [3.8, 4) is 11.5 Å². The minimum Gasteiger partial charge on any atom is -0.480 e. The second kappa shape index (κ2) is 22.7. The summed E-state index contributed by atoms with van der Waals surface area (Å²) in [7, 11) is -6.55. The van der Waals surface area contributed by atoms with Crippen molar-refractivity contribution in [1.29, 1.82) is 0 Å². The monoisotopic (exact) mass is 956 g/mol. The topological polar surface area (TPSA) is 291 Å². The van der Waals surface area contributed by atoms with Gasteiger partial charge in [0.1, 0.15) is 29.0 Å². The van der Waals surface area contributed by atoms with E-state index in [0.717, 1.165) is 42.7 Å². The maximum absolute atomic E-state index is 12.7. The number of carboxylic acid groups (broad SMARTS) is 1. The van der Waals surface area contributed by atoms with Crippen LogP contribution in [0.1, 0.15) is 58.9 Å². The average molecular weight is 958 g/mol. The molecule has 0 aromatic heterocycles. The first kappa shape index (κ1) is 52.9. The van der Waals surface area contributed by atoms with E-state index in [-0.39, 0.29) is 64.0 Å². The Morgan fingerprint density at radius 3 is 2.08 bits per heavy atom. The number of carbonyl (C=O) groups is 6. The molecule has 25 heteroatoms. The predicted molar refractivity (Wildman–Crippen MR) is 214 cm³/mol. The van der Waals surface area contributed by atoms with Crippen LogP contribution in [0.15, 0.2) is 59.5 Å². The summed E-state index contributed by atoms with van der Waals surface area (Å²) in [5, 5.41) is 19.0. The standard InChI is InChI=1S/C18H13ClF3NO7.C14H13ClO5S.C5H12NO4P/c1-2-28-16(24)9-29-17(25)12-8-11(4-5-14(12)23(26)27)30-15-6-3-10(7-13(15)19)18(20,21)22;1-21(19,20)8-5-6-9(10(15)7-8)14(18)13-11(16)3-2-4-12(13)17;1-11(9,10)3-2-4(6)5(7)8/h3-8H,2,9H2,1H3;5-7,13H,2-4H2,1H3;4H,2-3,6H2,1H3,(H,7,8)(H,9,10). The molecular weight excluding hydrogens is 919 g/mol. The number of ketones is 3. The van der Waals surface area contributed by atoms with Crippen LogP contribution in [0, 0.1) is 16.0 Å². The average Bonchev–Trinajstić information content (AvgIpc) is 3.16. The van der Waals surface area contributed by atoms with Crippen LogP contribution < -0.4 is 10.5 Å². The molecule has 338 valence electrons. The van der Waals surface area contributed by atoms with Crippen LogP contribution in [0.3, 0.4) is 0 Å². The van der Waals surface area contributed by atoms with Crippen LogP contribution in [-0.2, 0) is 49.2 Å². The van der Waals surface area contributed by atoms with Crippen molar-refractivity contribution in [3.05, 3.63) is 91.4 Å². The molecule has 2 unspecified atom stereocenters. The summed E-state index contributed by atoms with van der Waals surface area (Å²) in [6.07, 6.45) is -2.73. The minimum atomic E-state index is -4.61. The van der Waals surface area contributed by atoms with E-state index in [1.165, 1.54) is 25.7 Å². The zero-order valence-electron chi connectivity index (χ0n) is 32.7. The number of benzene rings is 3. The van der Waals surface area contributed by atoms with Crippen molar-refractivity contribution in [2.75, 3.05) is 32.3 Å². The van der Waals surface area contributed by atoms with Gasteiger partial charge in [-0.1, -0.05) is 23.2 Å². The van der Waals surface area contributed by atoms with Gasteiger partial charge in [-0.3, -0.25) is 33.9 Å². The second-order valence-electron chi connectivity index (χ2n) is 13.1. The highest BCUT2D eigenvalue weighted by Crippen LogP contribution is 2.38. The van der Waals surface area contributed by atoms with Gasteiger partial charge in [-0.2, -0.15) is 13.2 Å². The van der Waals surface area contributed by atoms with Crippen LogP contribution in [0.4, 0.5) is 18.9 Å². The highest BCUT2D eigenvalue weighted by Gasteiger charge is 2.37. The first-order chi connectivity index (χ1) is 28.6. The molecule has 0 bridgehead atoms. The Morgan fingerprint density at radius 1 is 0.984 bits per heavy atom. The molecular formula is C37H38Cl2F3N2O16PS. The van der Waals surface area contributed by atoms with Crippen molar-refractivity contribution in [1.82, 2.24) is 0 Å². The summed E-state index contributed by atoms with van der Waals surface area (Å²) in [5.41, 5.74) is 2.93. The maximum atomic E-state index is 12.7. The van der Waals surface area contributed by atoms with Gasteiger partial charge < -0.3 is 29.9 Å². The van der Waals surface area contributed by atoms with E-state index in [0.29, 0.717) is 12.5 Å². The van der Waals surface area contributed by atoms with Crippen LogP contribution in [0.25, 0.3) is 0 Å². The number of esters is 2. The fraction of sp³-hybridized carbons (Fsp3) is 0.351. The summed E-state index contributed by atoms with van der Waals surface area (Å²) in [6, 6.07) is 7.96. The van der Waals surface area contributed by atoms with E-state index in [4.69, 9.17) is 48.4 Å². The number of ether oxygens (including phenoxy) is 3. The Kier molecular flexibility index (Phi) is 19.4. The molecule has 0 amide bonds. The van der Waals surface area contributed by atoms with Crippen molar-refractivity contribution < 1.29 is 84.1 Å². The number of nitro groups is 1. The normalized spacial score (nSPS) is 14.4. The minimum absolute atomic E-state index is 0.00216. The summed E-state index contributed by atoms with van der Waals surface area (Å²) >= 11 is 11.7. The summed E-state index contributed by atoms with van der Waals surface area (Å²) in [5.74, 6) is -6.27. The van der Waals surface area contributed by atoms with Gasteiger partial charge in [-0.05, 0) is 62.2 Å². The first-order valence-electron chi connectivity index (χ1n) is 17.6. The predicted octanol–water partition coefficient (Wildman–Crippen LogP) is 6.33. The Hall–Kier alpha value is -5.25. The maximum Gasteiger partial charge on any atom is 0.416 e. The van der Waals surface area contributed by atoms with Crippen LogP contribution in [-0.4, -0.2) is 96.9 Å². The Bertz CT molecular complexity index is 2360. The third-order valence-electron chi connectivity index (χ3n) is 8.06. The lowest BCUT2D eigenvalue weighted by Crippen LogP contribution is -2.35. The van der Waals surface area contributed by atoms with Gasteiger partial charge in [0, 0.05) is 49.6 Å². The molecule has 0 heterocycles. The zero-order chi connectivity index (χ0) is 47.3. The molecule has 3 aromatic carbocycles. The number of rotatable bonds is 14. The number of hydrogen-bond donors (Lipinski definition) is 3. The Morgan fingerprint density at radius 2 is 1.60 bits per heavy atom. The molecule has 3 aromatic rings. The summed E-state index contributed by atoms with van der Waals surface area (Å²) in [4.78, 5) is 88.5. The van der Waals surface area contributed by atoms with Crippen LogP contribution in [0.2, 0.25) is 10.0 Å². The number of halogens is 5. The number of aliphatic carboxylic acids is 1. The second-order valence-corrected chi connectivity index (χ2v) is 18.4. The zero-order valence-corrected chi connectivity index (χ0v) is 35.9. The quantitative estimate of drug-likeness (QED) is 0.0397. The number of hydrogen-bond acceptors (Lipinski definition) is 15. The fourth-order valence-corrected chi connectivity index (χ4v) is 6.94. The molecule has 2 atom stereocenters. The third-order valence-corrected chi connectivity index (χ3v) is 10.9. The molecule has 1 fully saturated rings. The lowest BCUT2D eigenvalue weighted by Gasteiger charge is -2.18. The van der Waals surface area contributed by atoms with Gasteiger partial charge in [0.15, 0.2) is 41.2 Å². The lowest BCUT2D eigenvalue weighted by atomic mass is 9.82. The van der Waals surface area contributed by atoms with E-state index in [1.54, 1.807) is 0 Å².